The lowest BCUT2D eigenvalue weighted by Gasteiger charge is -2.29. The zero-order valence-electron chi connectivity index (χ0n) is 11.2. The molecule has 1 N–H and O–H groups in total. The number of anilines is 1. The molecule has 2 aliphatic heterocycles. The Hall–Kier alpha value is -2.36. The lowest BCUT2D eigenvalue weighted by atomic mass is 10.0. The number of aliphatic imine (C=N–C) groups is 1. The first-order valence-electron chi connectivity index (χ1n) is 6.89. The number of amides is 2. The molecule has 0 aliphatic carbocycles. The Morgan fingerprint density at radius 2 is 2.10 bits per heavy atom. The third-order valence-corrected chi connectivity index (χ3v) is 3.49. The van der Waals surface area contributed by atoms with Crippen LogP contribution in [0.15, 0.2) is 58.9 Å². The molecular formula is C16H17N3O. The quantitative estimate of drug-likeness (QED) is 0.830. The predicted molar refractivity (Wildman–Crippen MR) is 80.7 cm³/mol. The van der Waals surface area contributed by atoms with Crippen LogP contribution in [0.2, 0.25) is 0 Å². The summed E-state index contributed by atoms with van der Waals surface area (Å²) in [6, 6.07) is 9.40. The third-order valence-electron chi connectivity index (χ3n) is 3.49. The summed E-state index contributed by atoms with van der Waals surface area (Å²) in [6.45, 7) is 0.717. The number of nitrogens with zero attached hydrogens (tertiary/aromatic N) is 2. The van der Waals surface area contributed by atoms with Gasteiger partial charge in [-0.15, -0.1) is 0 Å². The van der Waals surface area contributed by atoms with Gasteiger partial charge < -0.3 is 5.32 Å². The summed E-state index contributed by atoms with van der Waals surface area (Å²) in [6.07, 6.45) is 8.67. The Labute approximate surface area is 118 Å². The Kier molecular flexibility index (Phi) is 3.63. The summed E-state index contributed by atoms with van der Waals surface area (Å²) in [5.74, 6) is 0.815. The van der Waals surface area contributed by atoms with Crippen molar-refractivity contribution in [2.24, 2.45) is 4.99 Å². The van der Waals surface area contributed by atoms with Gasteiger partial charge in [-0.25, -0.2) is 9.79 Å². The van der Waals surface area contributed by atoms with Crippen LogP contribution in [0, 0.1) is 0 Å². The van der Waals surface area contributed by atoms with Gasteiger partial charge in [0.1, 0.15) is 5.82 Å². The number of urea groups is 1. The minimum Gasteiger partial charge on any atom is -0.308 e. The molecule has 2 aliphatic rings. The zero-order chi connectivity index (χ0) is 13.8. The molecule has 1 aromatic rings. The summed E-state index contributed by atoms with van der Waals surface area (Å²) in [7, 11) is 0. The van der Waals surface area contributed by atoms with Crippen molar-refractivity contribution < 1.29 is 4.79 Å². The number of hydrogen-bond acceptors (Lipinski definition) is 2. The first-order chi connectivity index (χ1) is 9.84. The Bertz CT molecular complexity index is 587. The van der Waals surface area contributed by atoms with E-state index in [1.165, 1.54) is 5.57 Å². The van der Waals surface area contributed by atoms with Crippen LogP contribution in [0.5, 0.6) is 0 Å². The summed E-state index contributed by atoms with van der Waals surface area (Å²) < 4.78 is 0. The highest BCUT2D eigenvalue weighted by molar-refractivity contribution is 5.91. The Morgan fingerprint density at radius 3 is 2.95 bits per heavy atom. The van der Waals surface area contributed by atoms with E-state index in [-0.39, 0.29) is 6.03 Å². The number of rotatable bonds is 1. The molecule has 4 nitrogen and oxygen atoms in total. The molecule has 4 heteroatoms. The van der Waals surface area contributed by atoms with Gasteiger partial charge in [-0.2, -0.15) is 0 Å². The van der Waals surface area contributed by atoms with E-state index in [1.807, 2.05) is 36.4 Å². The monoisotopic (exact) mass is 267 g/mol. The molecule has 102 valence electrons. The van der Waals surface area contributed by atoms with Crippen LogP contribution in [-0.4, -0.2) is 23.7 Å². The zero-order valence-corrected chi connectivity index (χ0v) is 11.2. The maximum Gasteiger partial charge on any atom is 0.327 e. The number of carbonyl (C=O) groups excluding carboxylic acids is 1. The summed E-state index contributed by atoms with van der Waals surface area (Å²) in [5.41, 5.74) is 2.05. The van der Waals surface area contributed by atoms with E-state index in [2.05, 4.69) is 16.4 Å². The maximum absolute atomic E-state index is 12.4. The van der Waals surface area contributed by atoms with E-state index in [0.29, 0.717) is 0 Å². The summed E-state index contributed by atoms with van der Waals surface area (Å²) in [4.78, 5) is 18.6. The molecule has 2 amide bonds. The molecule has 2 heterocycles. The fraction of sp³-hybridized carbons (Fsp3) is 0.250. The standard InChI is InChI=1S/C16H17N3O/c20-16(18-14-9-2-1-3-10-14)19-12-6-8-13-7-4-5-11-17-15(13)19/h1-5,9-11H,6-8,12H2,(H,18,20). The average Bonchev–Trinajstić information content (AvgIpc) is 2.73. The number of para-hydroxylation sites is 1. The van der Waals surface area contributed by atoms with E-state index >= 15 is 0 Å². The average molecular weight is 267 g/mol. The molecule has 20 heavy (non-hydrogen) atoms. The highest BCUT2D eigenvalue weighted by atomic mass is 16.2. The number of allylic oxidation sites excluding steroid dienone is 3. The van der Waals surface area contributed by atoms with Crippen LogP contribution in [0.4, 0.5) is 10.5 Å². The number of nitrogens with one attached hydrogen (secondary N) is 1. The maximum atomic E-state index is 12.4. The van der Waals surface area contributed by atoms with Crippen LogP contribution in [-0.2, 0) is 0 Å². The second kappa shape index (κ2) is 5.74. The molecule has 0 fully saturated rings. The highest BCUT2D eigenvalue weighted by Crippen LogP contribution is 2.27. The van der Waals surface area contributed by atoms with Crippen LogP contribution in [0.1, 0.15) is 19.3 Å². The van der Waals surface area contributed by atoms with Gasteiger partial charge in [-0.3, -0.25) is 4.90 Å². The van der Waals surface area contributed by atoms with Crippen molar-refractivity contribution in [3.63, 3.8) is 0 Å². The van der Waals surface area contributed by atoms with Gasteiger partial charge in [0.2, 0.25) is 0 Å². The van der Waals surface area contributed by atoms with E-state index in [4.69, 9.17) is 0 Å². The Balaban J connectivity index is 1.80. The van der Waals surface area contributed by atoms with Crippen LogP contribution in [0.25, 0.3) is 0 Å². The van der Waals surface area contributed by atoms with Crippen molar-refractivity contribution in [2.75, 3.05) is 11.9 Å². The van der Waals surface area contributed by atoms with Gasteiger partial charge in [0.05, 0.1) is 0 Å². The molecule has 0 aromatic heterocycles. The topological polar surface area (TPSA) is 44.7 Å². The van der Waals surface area contributed by atoms with Gasteiger partial charge in [0, 0.05) is 18.4 Å². The molecule has 0 spiro atoms. The fourth-order valence-electron chi connectivity index (χ4n) is 2.51. The predicted octanol–water partition coefficient (Wildman–Crippen LogP) is 3.56. The second-order valence-corrected chi connectivity index (χ2v) is 4.89. The summed E-state index contributed by atoms with van der Waals surface area (Å²) in [5, 5.41) is 2.92. The van der Waals surface area contributed by atoms with Gasteiger partial charge >= 0.3 is 6.03 Å². The van der Waals surface area contributed by atoms with E-state index in [0.717, 1.165) is 37.3 Å². The molecule has 0 bridgehead atoms. The van der Waals surface area contributed by atoms with Crippen molar-refractivity contribution >= 4 is 17.9 Å². The molecule has 0 saturated carbocycles. The number of hydrogen-bond donors (Lipinski definition) is 1. The van der Waals surface area contributed by atoms with E-state index in [1.54, 1.807) is 11.1 Å². The van der Waals surface area contributed by atoms with Crippen molar-refractivity contribution in [1.29, 1.82) is 0 Å². The van der Waals surface area contributed by atoms with E-state index < -0.39 is 0 Å². The third kappa shape index (κ3) is 2.64. The second-order valence-electron chi connectivity index (χ2n) is 4.89. The van der Waals surface area contributed by atoms with E-state index in [9.17, 15) is 4.79 Å². The van der Waals surface area contributed by atoms with Crippen molar-refractivity contribution in [1.82, 2.24) is 4.90 Å². The molecule has 0 saturated heterocycles. The fourth-order valence-corrected chi connectivity index (χ4v) is 2.51. The normalized spacial score (nSPS) is 17.7. The first kappa shape index (κ1) is 12.7. The molecule has 3 rings (SSSR count). The molecule has 0 radical (unpaired) electrons. The van der Waals surface area contributed by atoms with Crippen molar-refractivity contribution in [3.8, 4) is 0 Å². The van der Waals surface area contributed by atoms with Crippen LogP contribution >= 0.6 is 0 Å². The summed E-state index contributed by atoms with van der Waals surface area (Å²) >= 11 is 0. The lowest BCUT2D eigenvalue weighted by Crippen LogP contribution is -2.37. The van der Waals surface area contributed by atoms with Crippen LogP contribution < -0.4 is 5.32 Å². The number of carbonyl (C=O) groups is 1. The largest absolute Gasteiger partial charge is 0.327 e. The Morgan fingerprint density at radius 1 is 1.25 bits per heavy atom. The van der Waals surface area contributed by atoms with Gasteiger partial charge in [-0.1, -0.05) is 24.3 Å². The van der Waals surface area contributed by atoms with Gasteiger partial charge in [0.25, 0.3) is 0 Å². The van der Waals surface area contributed by atoms with Crippen molar-refractivity contribution in [3.05, 3.63) is 53.9 Å². The molecule has 1 aromatic carbocycles. The molecule has 0 atom stereocenters. The van der Waals surface area contributed by atoms with Gasteiger partial charge in [-0.05, 0) is 43.0 Å². The first-order valence-corrected chi connectivity index (χ1v) is 6.89. The molecular weight excluding hydrogens is 250 g/mol. The minimum absolute atomic E-state index is 0.109. The molecule has 0 unspecified atom stereocenters. The van der Waals surface area contributed by atoms with Crippen LogP contribution in [0.3, 0.4) is 0 Å². The minimum atomic E-state index is -0.109. The van der Waals surface area contributed by atoms with Gasteiger partial charge in [0.15, 0.2) is 0 Å². The number of benzene rings is 1. The lowest BCUT2D eigenvalue weighted by molar-refractivity contribution is 0.220. The smallest absolute Gasteiger partial charge is 0.308 e. The SMILES string of the molecule is O=C(Nc1ccccc1)N1CCCC2=C1N=CC=CC2. The highest BCUT2D eigenvalue weighted by Gasteiger charge is 2.24. The van der Waals surface area contributed by atoms with Crippen molar-refractivity contribution in [2.45, 2.75) is 19.3 Å².